The minimum absolute atomic E-state index is 0. The van der Waals surface area contributed by atoms with Crippen LogP contribution in [0.15, 0.2) is 71.3 Å². The van der Waals surface area contributed by atoms with Gasteiger partial charge in [0.1, 0.15) is 5.82 Å². The van der Waals surface area contributed by atoms with Crippen LogP contribution in [-0.4, -0.2) is 27.3 Å². The van der Waals surface area contributed by atoms with E-state index in [4.69, 9.17) is 9.63 Å². The van der Waals surface area contributed by atoms with Gasteiger partial charge in [-0.1, -0.05) is 53.7 Å². The van der Waals surface area contributed by atoms with E-state index in [0.717, 1.165) is 24.0 Å². The first kappa shape index (κ1) is 24.2. The summed E-state index contributed by atoms with van der Waals surface area (Å²) in [6.45, 7) is 0. The summed E-state index contributed by atoms with van der Waals surface area (Å²) in [6.07, 6.45) is 3.31. The quantitative estimate of drug-likeness (QED) is 0.330. The van der Waals surface area contributed by atoms with Gasteiger partial charge in [-0.25, -0.2) is 4.39 Å². The molecule has 0 amide bonds. The number of fused-ring (bicyclic) bond motifs is 1. The highest BCUT2D eigenvalue weighted by atomic mass is 35.5. The molecule has 2 aliphatic rings. The number of aryl methyl sites for hydroxylation is 1. The summed E-state index contributed by atoms with van der Waals surface area (Å²) < 4.78 is 20.3. The molecule has 3 aromatic carbocycles. The lowest BCUT2D eigenvalue weighted by Crippen LogP contribution is -2.45. The van der Waals surface area contributed by atoms with Crippen molar-refractivity contribution in [2.24, 2.45) is 5.92 Å². The molecule has 6 rings (SSSR count). The van der Waals surface area contributed by atoms with Gasteiger partial charge in [0.25, 0.3) is 5.89 Å². The van der Waals surface area contributed by atoms with Gasteiger partial charge < -0.3 is 14.9 Å². The Morgan fingerprint density at radius 2 is 1.78 bits per heavy atom. The Kier molecular flexibility index (Phi) is 6.60. The summed E-state index contributed by atoms with van der Waals surface area (Å²) in [4.78, 5) is 15.6. The Hall–Kier alpha value is -3.55. The van der Waals surface area contributed by atoms with Crippen molar-refractivity contribution in [3.63, 3.8) is 0 Å². The molecule has 0 radical (unpaired) electrons. The summed E-state index contributed by atoms with van der Waals surface area (Å²) in [7, 11) is 0. The first-order chi connectivity index (χ1) is 17.0. The number of halogens is 2. The Labute approximate surface area is 214 Å². The molecule has 0 aliphatic heterocycles. The minimum Gasteiger partial charge on any atom is -0.481 e. The summed E-state index contributed by atoms with van der Waals surface area (Å²) in [5.41, 5.74) is 5.21. The number of carboxylic acids is 1. The molecule has 0 bridgehead atoms. The molecule has 6 nitrogen and oxygen atoms in total. The zero-order chi connectivity index (χ0) is 23.9. The van der Waals surface area contributed by atoms with Gasteiger partial charge in [0.2, 0.25) is 5.82 Å². The highest BCUT2D eigenvalue weighted by molar-refractivity contribution is 5.85. The predicted molar refractivity (Wildman–Crippen MR) is 136 cm³/mol. The van der Waals surface area contributed by atoms with Crippen LogP contribution in [0.4, 0.5) is 4.39 Å². The summed E-state index contributed by atoms with van der Waals surface area (Å²) in [5, 5.41) is 16.8. The van der Waals surface area contributed by atoms with E-state index in [2.05, 4.69) is 27.6 Å². The van der Waals surface area contributed by atoms with Crippen molar-refractivity contribution in [3.8, 4) is 34.0 Å². The van der Waals surface area contributed by atoms with Crippen molar-refractivity contribution in [2.45, 2.75) is 37.8 Å². The van der Waals surface area contributed by atoms with Crippen molar-refractivity contribution in [2.75, 3.05) is 0 Å². The maximum Gasteiger partial charge on any atom is 0.306 e. The first-order valence-corrected chi connectivity index (χ1v) is 11.9. The topological polar surface area (TPSA) is 88.2 Å². The van der Waals surface area contributed by atoms with Crippen molar-refractivity contribution in [1.82, 2.24) is 15.5 Å². The number of nitrogens with one attached hydrogen (secondary N) is 1. The van der Waals surface area contributed by atoms with E-state index in [1.807, 2.05) is 36.4 Å². The summed E-state index contributed by atoms with van der Waals surface area (Å²) in [6, 6.07) is 21.0. The number of rotatable bonds is 6. The molecule has 1 saturated carbocycles. The van der Waals surface area contributed by atoms with E-state index in [0.29, 0.717) is 29.8 Å². The second kappa shape index (κ2) is 9.84. The van der Waals surface area contributed by atoms with E-state index in [1.165, 1.54) is 17.2 Å². The third-order valence-corrected chi connectivity index (χ3v) is 7.13. The number of benzene rings is 3. The Morgan fingerprint density at radius 1 is 1.00 bits per heavy atom. The molecule has 8 heteroatoms. The zero-order valence-electron chi connectivity index (χ0n) is 19.4. The van der Waals surface area contributed by atoms with Crippen LogP contribution < -0.4 is 5.32 Å². The standard InChI is InChI=1S/C28H24FN3O3.ClH/c29-24-15-19(7-9-22(24)16-4-2-1-3-5-16)27-31-26(32-35-27)18-6-10-23-17(12-18)8-11-25(23)30-21-13-20(14-21)28(33)34;/h1-7,9-10,12,15,20-21,25,30H,8,11,13-14H2,(H,33,34);1H. The first-order valence-electron chi connectivity index (χ1n) is 11.9. The fraction of sp³-hybridized carbons (Fsp3) is 0.250. The van der Waals surface area contributed by atoms with Gasteiger partial charge in [0.15, 0.2) is 0 Å². The van der Waals surface area contributed by atoms with Crippen LogP contribution >= 0.6 is 12.4 Å². The summed E-state index contributed by atoms with van der Waals surface area (Å²) >= 11 is 0. The fourth-order valence-electron chi connectivity index (χ4n) is 5.13. The lowest BCUT2D eigenvalue weighted by molar-refractivity contribution is -0.145. The zero-order valence-corrected chi connectivity index (χ0v) is 20.2. The van der Waals surface area contributed by atoms with E-state index < -0.39 is 5.97 Å². The molecular weight excluding hydrogens is 481 g/mol. The van der Waals surface area contributed by atoms with E-state index in [9.17, 15) is 9.18 Å². The molecule has 4 aromatic rings. The van der Waals surface area contributed by atoms with Crippen molar-refractivity contribution in [1.29, 1.82) is 0 Å². The molecular formula is C28H25ClFN3O3. The maximum atomic E-state index is 14.8. The second-order valence-corrected chi connectivity index (χ2v) is 9.36. The molecule has 36 heavy (non-hydrogen) atoms. The normalized spacial score (nSPS) is 20.3. The second-order valence-electron chi connectivity index (χ2n) is 9.36. The Morgan fingerprint density at radius 3 is 2.53 bits per heavy atom. The van der Waals surface area contributed by atoms with Crippen LogP contribution in [0.2, 0.25) is 0 Å². The largest absolute Gasteiger partial charge is 0.481 e. The molecule has 1 heterocycles. The van der Waals surface area contributed by atoms with Crippen molar-refractivity contribution >= 4 is 18.4 Å². The van der Waals surface area contributed by atoms with Gasteiger partial charge in [0.05, 0.1) is 5.92 Å². The van der Waals surface area contributed by atoms with Gasteiger partial charge >= 0.3 is 5.97 Å². The van der Waals surface area contributed by atoms with Gasteiger partial charge in [-0.3, -0.25) is 4.79 Å². The van der Waals surface area contributed by atoms with Crippen LogP contribution in [0.3, 0.4) is 0 Å². The fourth-order valence-corrected chi connectivity index (χ4v) is 5.13. The Bertz CT molecular complexity index is 1400. The Balaban J connectivity index is 0.00000267. The third kappa shape index (κ3) is 4.52. The molecule has 1 unspecified atom stereocenters. The molecule has 1 aromatic heterocycles. The molecule has 0 spiro atoms. The highest BCUT2D eigenvalue weighted by Gasteiger charge is 2.36. The van der Waals surface area contributed by atoms with Gasteiger partial charge in [-0.05, 0) is 60.6 Å². The lowest BCUT2D eigenvalue weighted by Gasteiger charge is -2.35. The minimum atomic E-state index is -0.700. The third-order valence-electron chi connectivity index (χ3n) is 7.13. The van der Waals surface area contributed by atoms with Crippen molar-refractivity contribution in [3.05, 3.63) is 83.7 Å². The summed E-state index contributed by atoms with van der Waals surface area (Å²) in [5.74, 6) is -0.516. The van der Waals surface area contributed by atoms with E-state index in [1.54, 1.807) is 12.1 Å². The number of hydrogen-bond acceptors (Lipinski definition) is 5. The molecule has 1 fully saturated rings. The molecule has 184 valence electrons. The van der Waals surface area contributed by atoms with Gasteiger partial charge in [-0.15, -0.1) is 12.4 Å². The molecule has 2 N–H and O–H groups in total. The van der Waals surface area contributed by atoms with Crippen LogP contribution in [0.5, 0.6) is 0 Å². The van der Waals surface area contributed by atoms with Gasteiger partial charge in [0, 0.05) is 28.8 Å². The number of carboxylic acid groups (broad SMARTS) is 1. The molecule has 2 aliphatic carbocycles. The van der Waals surface area contributed by atoms with Crippen molar-refractivity contribution < 1.29 is 18.8 Å². The number of aliphatic carboxylic acids is 1. The SMILES string of the molecule is Cl.O=C(O)C1CC(NC2CCc3cc(-c4noc(-c5ccc(-c6ccccc6)c(F)c5)n4)ccc32)C1. The lowest BCUT2D eigenvalue weighted by atomic mass is 9.80. The molecule has 1 atom stereocenters. The van der Waals surface area contributed by atoms with Crippen LogP contribution in [0.1, 0.15) is 36.4 Å². The van der Waals surface area contributed by atoms with Crippen LogP contribution in [0.25, 0.3) is 34.0 Å². The average molecular weight is 506 g/mol. The highest BCUT2D eigenvalue weighted by Crippen LogP contribution is 2.37. The predicted octanol–water partition coefficient (Wildman–Crippen LogP) is 6.07. The molecule has 0 saturated heterocycles. The van der Waals surface area contributed by atoms with E-state index >= 15 is 0 Å². The van der Waals surface area contributed by atoms with E-state index in [-0.39, 0.29) is 42.1 Å². The van der Waals surface area contributed by atoms with Crippen LogP contribution in [-0.2, 0) is 11.2 Å². The van der Waals surface area contributed by atoms with Gasteiger partial charge in [-0.2, -0.15) is 4.98 Å². The number of carbonyl (C=O) groups is 1. The monoisotopic (exact) mass is 505 g/mol. The average Bonchev–Trinajstić information content (AvgIpc) is 3.48. The van der Waals surface area contributed by atoms with Crippen LogP contribution in [0, 0.1) is 11.7 Å². The smallest absolute Gasteiger partial charge is 0.306 e. The number of nitrogens with zero attached hydrogens (tertiary/aromatic N) is 2. The maximum absolute atomic E-state index is 14.8. The number of hydrogen-bond donors (Lipinski definition) is 2. The number of aromatic nitrogens is 2.